The van der Waals surface area contributed by atoms with Crippen LogP contribution in [0.1, 0.15) is 42.8 Å². The van der Waals surface area contributed by atoms with E-state index in [1.54, 1.807) is 0 Å². The predicted octanol–water partition coefficient (Wildman–Crippen LogP) is 3.11. The first-order valence-corrected chi connectivity index (χ1v) is 9.06. The lowest BCUT2D eigenvalue weighted by atomic mass is 10.1. The Morgan fingerprint density at radius 2 is 1.96 bits per heavy atom. The van der Waals surface area contributed by atoms with Crippen LogP contribution in [-0.4, -0.2) is 47.8 Å². The Balaban J connectivity index is 1.55. The molecule has 1 aromatic carbocycles. The second kappa shape index (κ2) is 7.97. The van der Waals surface area contributed by atoms with Crippen molar-refractivity contribution in [2.24, 2.45) is 0 Å². The van der Waals surface area contributed by atoms with Crippen LogP contribution in [0.4, 0.5) is 5.69 Å². The van der Waals surface area contributed by atoms with Gasteiger partial charge in [0.2, 0.25) is 5.89 Å². The van der Waals surface area contributed by atoms with E-state index in [1.807, 2.05) is 13.8 Å². The molecule has 2 heterocycles. The quantitative estimate of drug-likeness (QED) is 0.803. The van der Waals surface area contributed by atoms with Gasteiger partial charge in [-0.2, -0.15) is 4.98 Å². The zero-order valence-electron chi connectivity index (χ0n) is 15.7. The van der Waals surface area contributed by atoms with E-state index in [2.05, 4.69) is 52.0 Å². The zero-order chi connectivity index (χ0) is 17.8. The highest BCUT2D eigenvalue weighted by Crippen LogP contribution is 2.24. The second-order valence-corrected chi connectivity index (χ2v) is 6.63. The van der Waals surface area contributed by atoms with Crippen molar-refractivity contribution in [2.45, 2.75) is 40.3 Å². The van der Waals surface area contributed by atoms with E-state index in [0.717, 1.165) is 26.2 Å². The van der Waals surface area contributed by atoms with Crippen molar-refractivity contribution in [2.75, 3.05) is 37.7 Å². The molecule has 0 radical (unpaired) electrons. The minimum Gasteiger partial charge on any atom is -0.371 e. The van der Waals surface area contributed by atoms with Gasteiger partial charge in [0.1, 0.15) is 6.10 Å². The Labute approximate surface area is 149 Å². The van der Waals surface area contributed by atoms with Crippen LogP contribution in [0, 0.1) is 13.8 Å². The molecule has 3 rings (SSSR count). The molecule has 1 saturated heterocycles. The molecule has 1 fully saturated rings. The van der Waals surface area contributed by atoms with Crippen LogP contribution in [0.2, 0.25) is 0 Å². The molecule has 1 aromatic heterocycles. The number of ether oxygens (including phenoxy) is 1. The SMILES string of the molecule is CCOC(C)c1noc(CN2CCN(c3cccc(C)c3C)CC2)n1. The summed E-state index contributed by atoms with van der Waals surface area (Å²) in [5.41, 5.74) is 4.08. The average molecular weight is 344 g/mol. The normalized spacial score (nSPS) is 17.0. The van der Waals surface area contributed by atoms with Crippen LogP contribution in [0.5, 0.6) is 0 Å². The average Bonchev–Trinajstić information content (AvgIpc) is 3.07. The fourth-order valence-corrected chi connectivity index (χ4v) is 3.24. The Morgan fingerprint density at radius 1 is 1.20 bits per heavy atom. The summed E-state index contributed by atoms with van der Waals surface area (Å²) >= 11 is 0. The first kappa shape index (κ1) is 17.9. The third kappa shape index (κ3) is 4.19. The van der Waals surface area contributed by atoms with Gasteiger partial charge in [0.25, 0.3) is 0 Å². The Bertz CT molecular complexity index is 692. The van der Waals surface area contributed by atoms with Gasteiger partial charge in [-0.3, -0.25) is 4.90 Å². The molecule has 1 aliphatic heterocycles. The summed E-state index contributed by atoms with van der Waals surface area (Å²) in [6.07, 6.45) is -0.122. The molecule has 6 heteroatoms. The monoisotopic (exact) mass is 344 g/mol. The zero-order valence-corrected chi connectivity index (χ0v) is 15.7. The summed E-state index contributed by atoms with van der Waals surface area (Å²) in [4.78, 5) is 9.30. The number of hydrogen-bond donors (Lipinski definition) is 0. The standard InChI is InChI=1S/C19H28N4O2/c1-5-24-16(4)19-20-18(25-21-19)13-22-9-11-23(12-10-22)17-8-6-7-14(2)15(17)3/h6-8,16H,5,9-13H2,1-4H3. The molecule has 1 aliphatic rings. The van der Waals surface area contributed by atoms with E-state index in [9.17, 15) is 0 Å². The highest BCUT2D eigenvalue weighted by molar-refractivity contribution is 5.56. The van der Waals surface area contributed by atoms with Crippen LogP contribution in [-0.2, 0) is 11.3 Å². The molecule has 136 valence electrons. The molecule has 6 nitrogen and oxygen atoms in total. The Hall–Kier alpha value is -1.92. The molecule has 0 bridgehead atoms. The largest absolute Gasteiger partial charge is 0.371 e. The second-order valence-electron chi connectivity index (χ2n) is 6.63. The number of benzene rings is 1. The minimum absolute atomic E-state index is 0.122. The van der Waals surface area contributed by atoms with E-state index >= 15 is 0 Å². The molecule has 1 unspecified atom stereocenters. The van der Waals surface area contributed by atoms with Crippen molar-refractivity contribution in [3.63, 3.8) is 0 Å². The van der Waals surface area contributed by atoms with Crippen LogP contribution in [0.15, 0.2) is 22.7 Å². The van der Waals surface area contributed by atoms with Gasteiger partial charge in [0.15, 0.2) is 5.82 Å². The molecule has 0 aliphatic carbocycles. The maximum atomic E-state index is 5.51. The minimum atomic E-state index is -0.122. The summed E-state index contributed by atoms with van der Waals surface area (Å²) in [5.74, 6) is 1.30. The van der Waals surface area contributed by atoms with Crippen molar-refractivity contribution in [3.8, 4) is 0 Å². The van der Waals surface area contributed by atoms with E-state index < -0.39 is 0 Å². The first-order chi connectivity index (χ1) is 12.1. The molecule has 0 spiro atoms. The Morgan fingerprint density at radius 3 is 2.68 bits per heavy atom. The summed E-state index contributed by atoms with van der Waals surface area (Å²) in [5, 5.41) is 4.04. The van der Waals surface area contributed by atoms with Crippen molar-refractivity contribution < 1.29 is 9.26 Å². The highest BCUT2D eigenvalue weighted by atomic mass is 16.5. The first-order valence-electron chi connectivity index (χ1n) is 9.06. The molecule has 2 aromatic rings. The van der Waals surface area contributed by atoms with Crippen LogP contribution in [0.25, 0.3) is 0 Å². The number of aryl methyl sites for hydroxylation is 1. The summed E-state index contributed by atoms with van der Waals surface area (Å²) in [6.45, 7) is 13.6. The number of anilines is 1. The van der Waals surface area contributed by atoms with Crippen molar-refractivity contribution in [1.29, 1.82) is 0 Å². The van der Waals surface area contributed by atoms with Crippen LogP contribution >= 0.6 is 0 Å². The van der Waals surface area contributed by atoms with Crippen molar-refractivity contribution >= 4 is 5.69 Å². The number of piperazine rings is 1. The van der Waals surface area contributed by atoms with E-state index in [1.165, 1.54) is 16.8 Å². The molecular weight excluding hydrogens is 316 g/mol. The number of rotatable bonds is 6. The summed E-state index contributed by atoms with van der Waals surface area (Å²) < 4.78 is 10.9. The lowest BCUT2D eigenvalue weighted by Crippen LogP contribution is -2.46. The molecule has 25 heavy (non-hydrogen) atoms. The number of hydrogen-bond acceptors (Lipinski definition) is 6. The maximum absolute atomic E-state index is 5.51. The van der Waals surface area contributed by atoms with Crippen molar-refractivity contribution in [1.82, 2.24) is 15.0 Å². The number of aromatic nitrogens is 2. The topological polar surface area (TPSA) is 54.6 Å². The van der Waals surface area contributed by atoms with Gasteiger partial charge in [-0.05, 0) is 44.9 Å². The van der Waals surface area contributed by atoms with Gasteiger partial charge in [0.05, 0.1) is 6.54 Å². The molecule has 0 N–H and O–H groups in total. The lowest BCUT2D eigenvalue weighted by Gasteiger charge is -2.36. The van der Waals surface area contributed by atoms with Gasteiger partial charge >= 0.3 is 0 Å². The predicted molar refractivity (Wildman–Crippen MR) is 97.7 cm³/mol. The van der Waals surface area contributed by atoms with Gasteiger partial charge < -0.3 is 14.2 Å². The fraction of sp³-hybridized carbons (Fsp3) is 0.579. The Kier molecular flexibility index (Phi) is 5.71. The molecule has 1 atom stereocenters. The van der Waals surface area contributed by atoms with Gasteiger partial charge in [0, 0.05) is 38.5 Å². The van der Waals surface area contributed by atoms with Gasteiger partial charge in [-0.15, -0.1) is 0 Å². The summed E-state index contributed by atoms with van der Waals surface area (Å²) in [7, 11) is 0. The highest BCUT2D eigenvalue weighted by Gasteiger charge is 2.21. The van der Waals surface area contributed by atoms with E-state index in [-0.39, 0.29) is 6.10 Å². The van der Waals surface area contributed by atoms with E-state index in [0.29, 0.717) is 24.9 Å². The number of nitrogens with zero attached hydrogens (tertiary/aromatic N) is 4. The third-order valence-electron chi connectivity index (χ3n) is 4.91. The van der Waals surface area contributed by atoms with Gasteiger partial charge in [-0.1, -0.05) is 17.3 Å². The lowest BCUT2D eigenvalue weighted by molar-refractivity contribution is 0.0683. The molecule has 0 saturated carbocycles. The van der Waals surface area contributed by atoms with E-state index in [4.69, 9.17) is 9.26 Å². The van der Waals surface area contributed by atoms with Crippen molar-refractivity contribution in [3.05, 3.63) is 41.0 Å². The van der Waals surface area contributed by atoms with Gasteiger partial charge in [-0.25, -0.2) is 0 Å². The summed E-state index contributed by atoms with van der Waals surface area (Å²) in [6, 6.07) is 6.53. The van der Waals surface area contributed by atoms with Crippen LogP contribution < -0.4 is 4.90 Å². The third-order valence-corrected chi connectivity index (χ3v) is 4.91. The fourth-order valence-electron chi connectivity index (χ4n) is 3.24. The molecule has 0 amide bonds. The maximum Gasteiger partial charge on any atom is 0.240 e. The van der Waals surface area contributed by atoms with Crippen LogP contribution in [0.3, 0.4) is 0 Å². The molecular formula is C19H28N4O2. The smallest absolute Gasteiger partial charge is 0.240 e.